The van der Waals surface area contributed by atoms with Gasteiger partial charge in [-0.3, -0.25) is 4.79 Å². The van der Waals surface area contributed by atoms with Crippen LogP contribution in [0.3, 0.4) is 0 Å². The smallest absolute Gasteiger partial charge is 0.224 e. The lowest BCUT2D eigenvalue weighted by Gasteiger charge is -2.40. The van der Waals surface area contributed by atoms with E-state index >= 15 is 0 Å². The minimum absolute atomic E-state index is 0.107. The second kappa shape index (κ2) is 6.57. The van der Waals surface area contributed by atoms with E-state index in [0.717, 1.165) is 17.8 Å². The topological polar surface area (TPSA) is 46.9 Å². The van der Waals surface area contributed by atoms with Crippen molar-refractivity contribution in [2.45, 2.75) is 30.4 Å². The molecule has 116 valence electrons. The number of benzene rings is 1. The van der Waals surface area contributed by atoms with Crippen LogP contribution < -0.4 is 5.32 Å². The van der Waals surface area contributed by atoms with Gasteiger partial charge in [0.15, 0.2) is 0 Å². The Hall–Kier alpha value is -1.75. The van der Waals surface area contributed by atoms with Gasteiger partial charge in [0.2, 0.25) is 5.91 Å². The van der Waals surface area contributed by atoms with Crippen molar-refractivity contribution in [3.63, 3.8) is 0 Å². The number of hydrogen-bond donors (Lipinski definition) is 1. The third kappa shape index (κ3) is 3.35. The maximum absolute atomic E-state index is 12.1. The lowest BCUT2D eigenvalue weighted by molar-refractivity contribution is -0.120. The van der Waals surface area contributed by atoms with Gasteiger partial charge in [-0.2, -0.15) is 11.8 Å². The highest BCUT2D eigenvalue weighted by atomic mass is 32.2. The minimum Gasteiger partial charge on any atom is -0.354 e. The van der Waals surface area contributed by atoms with Gasteiger partial charge in [0.25, 0.3) is 0 Å². The van der Waals surface area contributed by atoms with Gasteiger partial charge in [-0.05, 0) is 36.8 Å². The van der Waals surface area contributed by atoms with Gasteiger partial charge in [-0.25, -0.2) is 4.98 Å². The van der Waals surface area contributed by atoms with Crippen LogP contribution in [0.15, 0.2) is 43.0 Å². The van der Waals surface area contributed by atoms with Crippen LogP contribution in [-0.2, 0) is 11.2 Å². The summed E-state index contributed by atoms with van der Waals surface area (Å²) in [6.07, 6.45) is 11.7. The van der Waals surface area contributed by atoms with E-state index in [4.69, 9.17) is 0 Å². The molecule has 1 N–H and O–H groups in total. The molecule has 1 aromatic heterocycles. The Morgan fingerprint density at radius 3 is 2.68 bits per heavy atom. The largest absolute Gasteiger partial charge is 0.354 e. The van der Waals surface area contributed by atoms with Gasteiger partial charge in [-0.1, -0.05) is 18.6 Å². The van der Waals surface area contributed by atoms with Crippen molar-refractivity contribution in [2.75, 3.05) is 12.8 Å². The molecule has 1 aliphatic rings. The van der Waals surface area contributed by atoms with Crippen molar-refractivity contribution in [3.05, 3.63) is 48.5 Å². The first-order valence-corrected chi connectivity index (χ1v) is 8.82. The monoisotopic (exact) mass is 315 g/mol. The number of hydrogen-bond acceptors (Lipinski definition) is 3. The van der Waals surface area contributed by atoms with E-state index in [9.17, 15) is 4.79 Å². The molecule has 3 rings (SSSR count). The molecule has 5 heteroatoms. The van der Waals surface area contributed by atoms with Gasteiger partial charge in [-0.15, -0.1) is 0 Å². The molecule has 0 spiro atoms. The molecule has 2 aromatic rings. The van der Waals surface area contributed by atoms with Crippen molar-refractivity contribution in [1.82, 2.24) is 14.9 Å². The number of carbonyl (C=O) groups excluding carboxylic acids is 1. The molecule has 0 atom stereocenters. The maximum atomic E-state index is 12.1. The molecule has 0 radical (unpaired) electrons. The summed E-state index contributed by atoms with van der Waals surface area (Å²) in [5.41, 5.74) is 2.09. The fraction of sp³-hybridized carbons (Fsp3) is 0.412. The average molecular weight is 315 g/mol. The first-order chi connectivity index (χ1) is 10.7. The zero-order valence-electron chi connectivity index (χ0n) is 12.8. The molecule has 0 bridgehead atoms. The number of imidazole rings is 1. The Balaban J connectivity index is 1.53. The number of nitrogens with zero attached hydrogens (tertiary/aromatic N) is 2. The number of thioether (sulfide) groups is 1. The Morgan fingerprint density at radius 2 is 2.14 bits per heavy atom. The molecule has 0 saturated heterocycles. The van der Waals surface area contributed by atoms with Crippen molar-refractivity contribution >= 4 is 17.7 Å². The van der Waals surface area contributed by atoms with Crippen molar-refractivity contribution < 1.29 is 4.79 Å². The quantitative estimate of drug-likeness (QED) is 0.891. The fourth-order valence-electron chi connectivity index (χ4n) is 2.73. The molecule has 1 saturated carbocycles. The van der Waals surface area contributed by atoms with Gasteiger partial charge in [0.05, 0.1) is 12.7 Å². The molecule has 1 aromatic carbocycles. The number of nitrogens with one attached hydrogen (secondary N) is 1. The standard InChI is InChI=1S/C17H21N3OS/c1-22-17(7-2-8-17)12-19-16(21)11-14-3-5-15(6-4-14)20-10-9-18-13-20/h3-6,9-10,13H,2,7-8,11-12H2,1H3,(H,19,21). The zero-order chi connectivity index (χ0) is 15.4. The van der Waals surface area contributed by atoms with Gasteiger partial charge in [0.1, 0.15) is 0 Å². The number of rotatable bonds is 6. The van der Waals surface area contributed by atoms with Crippen LogP contribution in [0.1, 0.15) is 24.8 Å². The molecule has 4 nitrogen and oxygen atoms in total. The normalized spacial score (nSPS) is 16.0. The van der Waals surface area contributed by atoms with E-state index in [2.05, 4.69) is 16.6 Å². The second-order valence-electron chi connectivity index (χ2n) is 5.83. The molecule has 1 amide bonds. The summed E-state index contributed by atoms with van der Waals surface area (Å²) < 4.78 is 2.24. The Bertz CT molecular complexity index is 612. The fourth-order valence-corrected chi connectivity index (χ4v) is 3.64. The number of aromatic nitrogens is 2. The summed E-state index contributed by atoms with van der Waals surface area (Å²) in [5.74, 6) is 0.107. The predicted molar refractivity (Wildman–Crippen MR) is 90.4 cm³/mol. The molecule has 0 unspecified atom stereocenters. The molecule has 1 aliphatic carbocycles. The van der Waals surface area contributed by atoms with Crippen molar-refractivity contribution in [3.8, 4) is 5.69 Å². The van der Waals surface area contributed by atoms with Crippen LogP contribution >= 0.6 is 11.8 Å². The number of carbonyl (C=O) groups is 1. The first kappa shape index (κ1) is 15.2. The van der Waals surface area contributed by atoms with Gasteiger partial charge < -0.3 is 9.88 Å². The highest BCUT2D eigenvalue weighted by Crippen LogP contribution is 2.42. The summed E-state index contributed by atoms with van der Waals surface area (Å²) in [5, 5.41) is 3.09. The Labute approximate surface area is 135 Å². The molecule has 1 fully saturated rings. The van der Waals surface area contributed by atoms with E-state index < -0.39 is 0 Å². The van der Waals surface area contributed by atoms with Gasteiger partial charge >= 0.3 is 0 Å². The third-order valence-electron chi connectivity index (χ3n) is 4.41. The van der Waals surface area contributed by atoms with Crippen LogP contribution in [0.4, 0.5) is 0 Å². The summed E-state index contributed by atoms with van der Waals surface area (Å²) in [7, 11) is 0. The van der Waals surface area contributed by atoms with Crippen LogP contribution in [0.25, 0.3) is 5.69 Å². The van der Waals surface area contributed by atoms with Crippen LogP contribution in [-0.4, -0.2) is 33.0 Å². The third-order valence-corrected chi connectivity index (χ3v) is 5.83. The molecule has 0 aliphatic heterocycles. The summed E-state index contributed by atoms with van der Waals surface area (Å²) in [4.78, 5) is 16.1. The van der Waals surface area contributed by atoms with E-state index in [1.165, 1.54) is 19.3 Å². The Morgan fingerprint density at radius 1 is 1.36 bits per heavy atom. The lowest BCUT2D eigenvalue weighted by Crippen LogP contribution is -2.45. The predicted octanol–water partition coefficient (Wildman–Crippen LogP) is 2.82. The van der Waals surface area contributed by atoms with E-state index in [1.807, 2.05) is 46.8 Å². The molecular formula is C17H21N3OS. The lowest BCUT2D eigenvalue weighted by atomic mass is 9.84. The maximum Gasteiger partial charge on any atom is 0.224 e. The van der Waals surface area contributed by atoms with Crippen LogP contribution in [0.2, 0.25) is 0 Å². The highest BCUT2D eigenvalue weighted by molar-refractivity contribution is 8.00. The molecule has 1 heterocycles. The summed E-state index contributed by atoms with van der Waals surface area (Å²) in [6.45, 7) is 0.792. The second-order valence-corrected chi connectivity index (χ2v) is 7.10. The summed E-state index contributed by atoms with van der Waals surface area (Å²) >= 11 is 1.88. The van der Waals surface area contributed by atoms with Crippen molar-refractivity contribution in [2.24, 2.45) is 0 Å². The van der Waals surface area contributed by atoms with Crippen LogP contribution in [0.5, 0.6) is 0 Å². The summed E-state index contributed by atoms with van der Waals surface area (Å²) in [6, 6.07) is 8.03. The molecular weight excluding hydrogens is 294 g/mol. The SMILES string of the molecule is CSC1(CNC(=O)Cc2ccc(-n3ccnc3)cc2)CCC1. The van der Waals surface area contributed by atoms with Gasteiger partial charge in [0, 0.05) is 29.4 Å². The van der Waals surface area contributed by atoms with E-state index in [1.54, 1.807) is 12.5 Å². The molecule has 22 heavy (non-hydrogen) atoms. The van der Waals surface area contributed by atoms with E-state index in [0.29, 0.717) is 11.2 Å². The minimum atomic E-state index is 0.107. The average Bonchev–Trinajstić information content (AvgIpc) is 3.02. The number of amides is 1. The van der Waals surface area contributed by atoms with Crippen molar-refractivity contribution in [1.29, 1.82) is 0 Å². The van der Waals surface area contributed by atoms with Crippen LogP contribution in [0, 0.1) is 0 Å². The Kier molecular flexibility index (Phi) is 4.52. The highest BCUT2D eigenvalue weighted by Gasteiger charge is 2.36. The first-order valence-electron chi connectivity index (χ1n) is 7.60. The zero-order valence-corrected chi connectivity index (χ0v) is 13.6. The van der Waals surface area contributed by atoms with E-state index in [-0.39, 0.29) is 5.91 Å².